The number of sulfonamides is 1. The monoisotopic (exact) mass is 621 g/mol. The SMILES string of the molecule is CC[C@H](C(=O)NC1CCCCC1)N(Cc1ccc(Cl)c(Cl)c1)C(=O)CN(c1cc(Cl)ccc1Cl)S(C)(=O)=O. The van der Waals surface area contributed by atoms with E-state index in [1.807, 2.05) is 6.92 Å². The van der Waals surface area contributed by atoms with Crippen LogP contribution in [0.15, 0.2) is 36.4 Å². The minimum Gasteiger partial charge on any atom is -0.352 e. The second kappa shape index (κ2) is 13.6. The number of halogens is 4. The minimum atomic E-state index is -3.94. The standard InChI is InChI=1S/C26H31Cl4N3O4S/c1-3-23(26(35)31-19-7-5-4-6-8-19)32(15-17-9-11-20(28)22(30)13-17)25(34)16-33(38(2,36)37)24-14-18(27)10-12-21(24)29/h9-14,19,23H,3-8,15-16H2,1-2H3,(H,31,35)/t23-/m1/s1. The molecule has 12 heteroatoms. The molecule has 0 saturated heterocycles. The van der Waals surface area contributed by atoms with Gasteiger partial charge in [0.05, 0.1) is 27.0 Å². The zero-order chi connectivity index (χ0) is 28.0. The molecule has 2 amide bonds. The fourth-order valence-corrected chi connectivity index (χ4v) is 6.18. The lowest BCUT2D eigenvalue weighted by Crippen LogP contribution is -2.54. The molecule has 208 valence electrons. The predicted octanol–water partition coefficient (Wildman–Crippen LogP) is 6.32. The summed E-state index contributed by atoms with van der Waals surface area (Å²) in [5.41, 5.74) is 0.715. The van der Waals surface area contributed by atoms with Crippen LogP contribution in [0.5, 0.6) is 0 Å². The molecule has 0 aliphatic heterocycles. The van der Waals surface area contributed by atoms with E-state index in [9.17, 15) is 18.0 Å². The maximum Gasteiger partial charge on any atom is 0.244 e. The summed E-state index contributed by atoms with van der Waals surface area (Å²) in [6.45, 7) is 1.25. The van der Waals surface area contributed by atoms with Gasteiger partial charge in [0.1, 0.15) is 12.6 Å². The third-order valence-electron chi connectivity index (χ3n) is 6.53. The smallest absolute Gasteiger partial charge is 0.244 e. The van der Waals surface area contributed by atoms with Crippen LogP contribution >= 0.6 is 46.4 Å². The summed E-state index contributed by atoms with van der Waals surface area (Å²) in [5, 5.41) is 4.13. The molecule has 0 spiro atoms. The second-order valence-corrected chi connectivity index (χ2v) is 13.0. The van der Waals surface area contributed by atoms with Gasteiger partial charge in [-0.1, -0.05) is 78.7 Å². The largest absolute Gasteiger partial charge is 0.352 e. The van der Waals surface area contributed by atoms with Gasteiger partial charge in [-0.2, -0.15) is 0 Å². The quantitative estimate of drug-likeness (QED) is 0.336. The number of amides is 2. The van der Waals surface area contributed by atoms with Crippen molar-refractivity contribution in [1.82, 2.24) is 10.2 Å². The molecule has 1 N–H and O–H groups in total. The Morgan fingerprint density at radius 2 is 1.63 bits per heavy atom. The summed E-state index contributed by atoms with van der Waals surface area (Å²) in [6, 6.07) is 8.52. The lowest BCUT2D eigenvalue weighted by Gasteiger charge is -2.34. The zero-order valence-corrected chi connectivity index (χ0v) is 25.1. The Hall–Kier alpha value is -1.71. The van der Waals surface area contributed by atoms with Crippen molar-refractivity contribution in [3.05, 3.63) is 62.1 Å². The number of rotatable bonds is 10. The summed E-state index contributed by atoms with van der Waals surface area (Å²) in [6.07, 6.45) is 6.29. The van der Waals surface area contributed by atoms with E-state index in [0.717, 1.165) is 42.7 Å². The molecule has 3 rings (SSSR count). The Kier molecular flexibility index (Phi) is 11.0. The van der Waals surface area contributed by atoms with E-state index in [-0.39, 0.29) is 34.2 Å². The van der Waals surface area contributed by atoms with Gasteiger partial charge in [0.15, 0.2) is 0 Å². The maximum atomic E-state index is 13.8. The van der Waals surface area contributed by atoms with Gasteiger partial charge in [-0.3, -0.25) is 13.9 Å². The van der Waals surface area contributed by atoms with Crippen LogP contribution in [0, 0.1) is 0 Å². The van der Waals surface area contributed by atoms with E-state index in [0.29, 0.717) is 22.0 Å². The van der Waals surface area contributed by atoms with Crippen molar-refractivity contribution in [2.24, 2.45) is 0 Å². The van der Waals surface area contributed by atoms with Crippen molar-refractivity contribution < 1.29 is 18.0 Å². The highest BCUT2D eigenvalue weighted by Crippen LogP contribution is 2.31. The highest BCUT2D eigenvalue weighted by molar-refractivity contribution is 7.92. The van der Waals surface area contributed by atoms with Crippen LogP contribution in [0.3, 0.4) is 0 Å². The molecular formula is C26H31Cl4N3O4S. The van der Waals surface area contributed by atoms with Gasteiger partial charge in [-0.05, 0) is 55.2 Å². The van der Waals surface area contributed by atoms with Gasteiger partial charge in [0.2, 0.25) is 21.8 Å². The van der Waals surface area contributed by atoms with Crippen molar-refractivity contribution in [2.75, 3.05) is 17.1 Å². The van der Waals surface area contributed by atoms with Crippen LogP contribution in [0.4, 0.5) is 5.69 Å². The van der Waals surface area contributed by atoms with Gasteiger partial charge in [-0.25, -0.2) is 8.42 Å². The Balaban J connectivity index is 1.96. The average molecular weight is 623 g/mol. The highest BCUT2D eigenvalue weighted by atomic mass is 35.5. The molecule has 0 unspecified atom stereocenters. The number of carbonyl (C=O) groups is 2. The molecule has 0 radical (unpaired) electrons. The Morgan fingerprint density at radius 3 is 2.24 bits per heavy atom. The molecule has 7 nitrogen and oxygen atoms in total. The molecule has 1 saturated carbocycles. The third-order valence-corrected chi connectivity index (χ3v) is 8.95. The number of nitrogens with zero attached hydrogens (tertiary/aromatic N) is 2. The molecule has 1 aliphatic carbocycles. The van der Waals surface area contributed by atoms with Crippen LogP contribution in [0.2, 0.25) is 20.1 Å². The first-order chi connectivity index (χ1) is 17.9. The number of benzene rings is 2. The normalized spacial score (nSPS) is 15.1. The van der Waals surface area contributed by atoms with Gasteiger partial charge < -0.3 is 10.2 Å². The molecule has 0 aromatic heterocycles. The van der Waals surface area contributed by atoms with Crippen LogP contribution in [0.1, 0.15) is 51.0 Å². The van der Waals surface area contributed by atoms with Crippen LogP contribution in [-0.2, 0) is 26.2 Å². The Bertz CT molecular complexity index is 1270. The van der Waals surface area contributed by atoms with Gasteiger partial charge >= 0.3 is 0 Å². The summed E-state index contributed by atoms with van der Waals surface area (Å²) in [5.74, 6) is -0.859. The summed E-state index contributed by atoms with van der Waals surface area (Å²) in [7, 11) is -3.94. The van der Waals surface area contributed by atoms with Gasteiger partial charge in [-0.15, -0.1) is 0 Å². The molecule has 1 fully saturated rings. The van der Waals surface area contributed by atoms with E-state index in [1.165, 1.54) is 23.1 Å². The maximum absolute atomic E-state index is 13.8. The molecule has 38 heavy (non-hydrogen) atoms. The van der Waals surface area contributed by atoms with Crippen LogP contribution < -0.4 is 9.62 Å². The number of carbonyl (C=O) groups excluding carboxylic acids is 2. The second-order valence-electron chi connectivity index (χ2n) is 9.40. The molecule has 0 heterocycles. The summed E-state index contributed by atoms with van der Waals surface area (Å²) in [4.78, 5) is 28.6. The summed E-state index contributed by atoms with van der Waals surface area (Å²) < 4.78 is 26.4. The molecule has 1 aliphatic rings. The van der Waals surface area contributed by atoms with E-state index < -0.39 is 28.5 Å². The number of nitrogens with one attached hydrogen (secondary N) is 1. The van der Waals surface area contributed by atoms with Crippen molar-refractivity contribution in [2.45, 2.75) is 64.1 Å². The van der Waals surface area contributed by atoms with Crippen molar-refractivity contribution >= 4 is 73.9 Å². The minimum absolute atomic E-state index is 0.0210. The molecule has 2 aromatic rings. The lowest BCUT2D eigenvalue weighted by molar-refractivity contribution is -0.140. The number of hydrogen-bond donors (Lipinski definition) is 1. The molecule has 1 atom stereocenters. The highest BCUT2D eigenvalue weighted by Gasteiger charge is 2.33. The summed E-state index contributed by atoms with van der Waals surface area (Å²) >= 11 is 24.7. The first-order valence-electron chi connectivity index (χ1n) is 12.4. The van der Waals surface area contributed by atoms with Crippen molar-refractivity contribution in [1.29, 1.82) is 0 Å². The number of anilines is 1. The van der Waals surface area contributed by atoms with Crippen molar-refractivity contribution in [3.63, 3.8) is 0 Å². The van der Waals surface area contributed by atoms with E-state index in [4.69, 9.17) is 46.4 Å². The van der Waals surface area contributed by atoms with Crippen LogP contribution in [-0.4, -0.2) is 50.0 Å². The lowest BCUT2D eigenvalue weighted by atomic mass is 9.95. The van der Waals surface area contributed by atoms with E-state index in [2.05, 4.69) is 5.32 Å². The molecule has 2 aromatic carbocycles. The van der Waals surface area contributed by atoms with Crippen molar-refractivity contribution in [3.8, 4) is 0 Å². The Morgan fingerprint density at radius 1 is 0.974 bits per heavy atom. The van der Waals surface area contributed by atoms with Gasteiger partial charge in [0, 0.05) is 17.6 Å². The van der Waals surface area contributed by atoms with E-state index >= 15 is 0 Å². The molecule has 0 bridgehead atoms. The average Bonchev–Trinajstić information content (AvgIpc) is 2.86. The van der Waals surface area contributed by atoms with Gasteiger partial charge in [0.25, 0.3) is 0 Å². The zero-order valence-electron chi connectivity index (χ0n) is 21.2. The fourth-order valence-electron chi connectivity index (χ4n) is 4.57. The molecular weight excluding hydrogens is 592 g/mol. The van der Waals surface area contributed by atoms with E-state index in [1.54, 1.807) is 18.2 Å². The fraction of sp³-hybridized carbons (Fsp3) is 0.462. The topological polar surface area (TPSA) is 86.8 Å². The Labute approximate surface area is 244 Å². The van der Waals surface area contributed by atoms with Crippen LogP contribution in [0.25, 0.3) is 0 Å². The first-order valence-corrected chi connectivity index (χ1v) is 15.7. The third kappa shape index (κ3) is 8.15. The first kappa shape index (κ1) is 30.8. The predicted molar refractivity (Wildman–Crippen MR) is 155 cm³/mol. The number of hydrogen-bond acceptors (Lipinski definition) is 4.